The number of ether oxygens (including phenoxy) is 1. The number of rotatable bonds is 3. The summed E-state index contributed by atoms with van der Waals surface area (Å²) in [5.74, 6) is 6.61. The van der Waals surface area contributed by atoms with Crippen LogP contribution in [-0.4, -0.2) is 5.97 Å². The lowest BCUT2D eigenvalue weighted by Gasteiger charge is -2.29. The fourth-order valence-electron chi connectivity index (χ4n) is 3.30. The van der Waals surface area contributed by atoms with Crippen LogP contribution in [0.15, 0.2) is 70.9 Å². The summed E-state index contributed by atoms with van der Waals surface area (Å²) in [6.07, 6.45) is 4.55. The molecule has 2 aromatic rings. The maximum Gasteiger partial charge on any atom is 0.315 e. The van der Waals surface area contributed by atoms with Gasteiger partial charge < -0.3 is 4.74 Å². The van der Waals surface area contributed by atoms with Gasteiger partial charge in [0.15, 0.2) is 0 Å². The SMILES string of the molecule is O=C1OC=C(C#CC2CC2)[C@@H](c2ccccc2)[C@@H]1Cc1ccc(Br)cc1. The maximum absolute atomic E-state index is 12.6. The first-order valence-corrected chi connectivity index (χ1v) is 9.71. The minimum Gasteiger partial charge on any atom is -0.433 e. The van der Waals surface area contributed by atoms with Crippen molar-refractivity contribution in [1.82, 2.24) is 0 Å². The molecule has 26 heavy (non-hydrogen) atoms. The first-order valence-electron chi connectivity index (χ1n) is 8.92. The van der Waals surface area contributed by atoms with Crippen molar-refractivity contribution in [3.05, 3.63) is 82.0 Å². The predicted molar refractivity (Wildman–Crippen MR) is 105 cm³/mol. The molecule has 2 atom stereocenters. The fraction of sp³-hybridized carbons (Fsp3) is 0.261. The van der Waals surface area contributed by atoms with Gasteiger partial charge in [0.2, 0.25) is 0 Å². The molecule has 0 radical (unpaired) electrons. The molecule has 4 rings (SSSR count). The van der Waals surface area contributed by atoms with Crippen molar-refractivity contribution >= 4 is 21.9 Å². The Hall–Kier alpha value is -2.31. The van der Waals surface area contributed by atoms with E-state index in [1.807, 2.05) is 42.5 Å². The van der Waals surface area contributed by atoms with E-state index in [1.54, 1.807) is 6.26 Å². The molecule has 1 heterocycles. The smallest absolute Gasteiger partial charge is 0.315 e. The Balaban J connectivity index is 1.69. The average Bonchev–Trinajstić information content (AvgIpc) is 3.49. The second kappa shape index (κ2) is 7.51. The average molecular weight is 407 g/mol. The summed E-state index contributed by atoms with van der Waals surface area (Å²) in [7, 11) is 0. The molecule has 0 unspecified atom stereocenters. The van der Waals surface area contributed by atoms with Gasteiger partial charge in [-0.15, -0.1) is 0 Å². The van der Waals surface area contributed by atoms with E-state index in [9.17, 15) is 4.79 Å². The number of carbonyl (C=O) groups is 1. The van der Waals surface area contributed by atoms with Crippen LogP contribution in [0, 0.1) is 23.7 Å². The predicted octanol–water partition coefficient (Wildman–Crippen LogP) is 5.25. The number of cyclic esters (lactones) is 1. The molecule has 1 saturated carbocycles. The molecule has 0 amide bonds. The van der Waals surface area contributed by atoms with Crippen molar-refractivity contribution in [2.24, 2.45) is 11.8 Å². The first kappa shape index (κ1) is 17.1. The number of hydrogen-bond donors (Lipinski definition) is 0. The van der Waals surface area contributed by atoms with Gasteiger partial charge in [0.1, 0.15) is 6.26 Å². The molecule has 1 aliphatic heterocycles. The van der Waals surface area contributed by atoms with E-state index in [4.69, 9.17) is 4.74 Å². The second-order valence-electron chi connectivity index (χ2n) is 6.88. The molecular weight excluding hydrogens is 388 g/mol. The van der Waals surface area contributed by atoms with Crippen molar-refractivity contribution in [2.75, 3.05) is 0 Å². The third-order valence-corrected chi connectivity index (χ3v) is 5.40. The highest BCUT2D eigenvalue weighted by Crippen LogP contribution is 2.38. The van der Waals surface area contributed by atoms with Crippen LogP contribution >= 0.6 is 15.9 Å². The summed E-state index contributed by atoms with van der Waals surface area (Å²) in [4.78, 5) is 12.6. The third-order valence-electron chi connectivity index (χ3n) is 4.87. The van der Waals surface area contributed by atoms with Crippen molar-refractivity contribution in [3.63, 3.8) is 0 Å². The second-order valence-corrected chi connectivity index (χ2v) is 7.79. The summed E-state index contributed by atoms with van der Waals surface area (Å²) in [6, 6.07) is 18.3. The highest BCUT2D eigenvalue weighted by Gasteiger charge is 2.36. The third kappa shape index (κ3) is 3.92. The number of allylic oxidation sites excluding steroid dienone is 1. The largest absolute Gasteiger partial charge is 0.433 e. The molecule has 130 valence electrons. The molecule has 0 bridgehead atoms. The minimum atomic E-state index is -0.271. The number of carbonyl (C=O) groups excluding carboxylic acids is 1. The minimum absolute atomic E-state index is 0.0626. The monoisotopic (exact) mass is 406 g/mol. The van der Waals surface area contributed by atoms with E-state index >= 15 is 0 Å². The zero-order chi connectivity index (χ0) is 17.9. The summed E-state index contributed by atoms with van der Waals surface area (Å²) in [6.45, 7) is 0. The van der Waals surface area contributed by atoms with Crippen molar-refractivity contribution in [3.8, 4) is 11.8 Å². The van der Waals surface area contributed by atoms with Crippen LogP contribution in [0.25, 0.3) is 0 Å². The van der Waals surface area contributed by atoms with Gasteiger partial charge in [0.25, 0.3) is 0 Å². The van der Waals surface area contributed by atoms with Gasteiger partial charge in [-0.1, -0.05) is 70.2 Å². The maximum atomic E-state index is 12.6. The van der Waals surface area contributed by atoms with Gasteiger partial charge in [0, 0.05) is 21.9 Å². The molecule has 0 saturated heterocycles. The number of benzene rings is 2. The van der Waals surface area contributed by atoms with Crippen LogP contribution < -0.4 is 0 Å². The Morgan fingerprint density at radius 3 is 2.46 bits per heavy atom. The summed E-state index contributed by atoms with van der Waals surface area (Å²) in [5.41, 5.74) is 3.14. The highest BCUT2D eigenvalue weighted by atomic mass is 79.9. The van der Waals surface area contributed by atoms with Crippen LogP contribution in [0.5, 0.6) is 0 Å². The quantitative estimate of drug-likeness (QED) is 0.514. The standard InChI is InChI=1S/C23H19BrO2/c24-20-12-9-17(10-13-20)14-21-22(18-4-2-1-3-5-18)19(15-26-23(21)25)11-8-16-6-7-16/h1-5,9-10,12-13,15-16,21-22H,6-7,14H2/t21-,22+/m0/s1. The van der Waals surface area contributed by atoms with E-state index in [0.29, 0.717) is 12.3 Å². The van der Waals surface area contributed by atoms with Crippen molar-refractivity contribution < 1.29 is 9.53 Å². The van der Waals surface area contributed by atoms with Gasteiger partial charge in [0.05, 0.1) is 5.92 Å². The lowest BCUT2D eigenvalue weighted by molar-refractivity contribution is -0.144. The molecule has 0 aromatic heterocycles. The topological polar surface area (TPSA) is 26.3 Å². The zero-order valence-electron chi connectivity index (χ0n) is 14.3. The molecule has 1 aliphatic carbocycles. The van der Waals surface area contributed by atoms with Gasteiger partial charge in [-0.3, -0.25) is 4.79 Å². The molecule has 0 N–H and O–H groups in total. The van der Waals surface area contributed by atoms with Crippen LogP contribution in [0.1, 0.15) is 29.9 Å². The Morgan fingerprint density at radius 1 is 1.04 bits per heavy atom. The molecule has 3 heteroatoms. The van der Waals surface area contributed by atoms with E-state index in [1.165, 1.54) is 12.8 Å². The Kier molecular flexibility index (Phi) is 4.95. The fourth-order valence-corrected chi connectivity index (χ4v) is 3.57. The van der Waals surface area contributed by atoms with E-state index < -0.39 is 0 Å². The molecule has 2 nitrogen and oxygen atoms in total. The van der Waals surface area contributed by atoms with E-state index in [0.717, 1.165) is 21.2 Å². The van der Waals surface area contributed by atoms with Gasteiger partial charge >= 0.3 is 5.97 Å². The number of esters is 1. The molecule has 1 fully saturated rings. The Bertz CT molecular complexity index is 883. The number of hydrogen-bond acceptors (Lipinski definition) is 2. The number of halogens is 1. The lowest BCUT2D eigenvalue weighted by atomic mass is 9.77. The van der Waals surface area contributed by atoms with Crippen molar-refractivity contribution in [2.45, 2.75) is 25.2 Å². The molecule has 0 spiro atoms. The van der Waals surface area contributed by atoms with Crippen LogP contribution in [0.2, 0.25) is 0 Å². The van der Waals surface area contributed by atoms with Crippen LogP contribution in [0.3, 0.4) is 0 Å². The van der Waals surface area contributed by atoms with Gasteiger partial charge in [-0.05, 0) is 42.5 Å². The van der Waals surface area contributed by atoms with E-state index in [2.05, 4.69) is 39.9 Å². The zero-order valence-corrected chi connectivity index (χ0v) is 15.9. The summed E-state index contributed by atoms with van der Waals surface area (Å²) in [5, 5.41) is 0. The van der Waals surface area contributed by atoms with E-state index in [-0.39, 0.29) is 17.8 Å². The van der Waals surface area contributed by atoms with Crippen LogP contribution in [0.4, 0.5) is 0 Å². The lowest BCUT2D eigenvalue weighted by Crippen LogP contribution is -2.30. The molecule has 2 aliphatic rings. The normalized spacial score (nSPS) is 22.0. The molecule has 2 aromatic carbocycles. The summed E-state index contributed by atoms with van der Waals surface area (Å²) < 4.78 is 6.42. The summed E-state index contributed by atoms with van der Waals surface area (Å²) >= 11 is 3.46. The van der Waals surface area contributed by atoms with Crippen LogP contribution in [-0.2, 0) is 16.0 Å². The first-order chi connectivity index (χ1) is 12.7. The van der Waals surface area contributed by atoms with Gasteiger partial charge in [-0.2, -0.15) is 0 Å². The van der Waals surface area contributed by atoms with Crippen molar-refractivity contribution in [1.29, 1.82) is 0 Å². The highest BCUT2D eigenvalue weighted by molar-refractivity contribution is 9.10. The van der Waals surface area contributed by atoms with Gasteiger partial charge in [-0.25, -0.2) is 0 Å². The molecular formula is C23H19BrO2. The Labute approximate surface area is 162 Å². The Morgan fingerprint density at radius 2 is 1.77 bits per heavy atom.